The zero-order chi connectivity index (χ0) is 11.2. The highest BCUT2D eigenvalue weighted by molar-refractivity contribution is 6.17. The summed E-state index contributed by atoms with van der Waals surface area (Å²) in [6.45, 7) is 1.61. The first-order chi connectivity index (χ1) is 7.90. The van der Waals surface area contributed by atoms with Crippen molar-refractivity contribution in [3.05, 3.63) is 29.8 Å². The normalized spacial score (nSPS) is 19.9. The summed E-state index contributed by atoms with van der Waals surface area (Å²) in [5, 5.41) is 0. The maximum absolute atomic E-state index is 5.83. The standard InChI is InChI=1S/C13H17ClO2/c14-10-11-4-1-2-6-13(11)16-9-7-12-5-3-8-15-12/h1-2,4,6,12H,3,5,7-10H2. The highest BCUT2D eigenvalue weighted by Crippen LogP contribution is 2.21. The number of benzene rings is 1. The van der Waals surface area contributed by atoms with Gasteiger partial charge in [-0.25, -0.2) is 0 Å². The molecule has 0 amide bonds. The lowest BCUT2D eigenvalue weighted by Gasteiger charge is -2.12. The molecule has 0 N–H and O–H groups in total. The second-order valence-electron chi connectivity index (χ2n) is 4.01. The quantitative estimate of drug-likeness (QED) is 0.735. The van der Waals surface area contributed by atoms with Gasteiger partial charge in [-0.2, -0.15) is 0 Å². The summed E-state index contributed by atoms with van der Waals surface area (Å²) >= 11 is 5.83. The summed E-state index contributed by atoms with van der Waals surface area (Å²) in [5.41, 5.74) is 1.05. The number of para-hydroxylation sites is 1. The molecule has 2 rings (SSSR count). The minimum atomic E-state index is 0.392. The Morgan fingerprint density at radius 2 is 2.25 bits per heavy atom. The molecule has 88 valence electrons. The molecule has 1 fully saturated rings. The molecule has 1 aromatic carbocycles. The number of hydrogen-bond acceptors (Lipinski definition) is 2. The van der Waals surface area contributed by atoms with Crippen LogP contribution in [0.4, 0.5) is 0 Å². The van der Waals surface area contributed by atoms with E-state index in [-0.39, 0.29) is 0 Å². The first-order valence-corrected chi connectivity index (χ1v) is 6.32. The van der Waals surface area contributed by atoms with Crippen LogP contribution in [0.25, 0.3) is 0 Å². The first kappa shape index (κ1) is 11.7. The molecule has 1 aromatic rings. The van der Waals surface area contributed by atoms with E-state index < -0.39 is 0 Å². The molecule has 0 aromatic heterocycles. The molecule has 0 bridgehead atoms. The summed E-state index contributed by atoms with van der Waals surface area (Å²) in [4.78, 5) is 0. The lowest BCUT2D eigenvalue weighted by molar-refractivity contribution is 0.0902. The molecular formula is C13H17ClO2. The topological polar surface area (TPSA) is 18.5 Å². The summed E-state index contributed by atoms with van der Waals surface area (Å²) in [6.07, 6.45) is 3.71. The Morgan fingerprint density at radius 1 is 1.38 bits per heavy atom. The number of halogens is 1. The molecule has 3 heteroatoms. The molecule has 1 aliphatic rings. The van der Waals surface area contributed by atoms with Gasteiger partial charge in [0.15, 0.2) is 0 Å². The Bertz CT molecular complexity index is 321. The van der Waals surface area contributed by atoms with Crippen LogP contribution in [0.1, 0.15) is 24.8 Å². The molecule has 1 aliphatic heterocycles. The smallest absolute Gasteiger partial charge is 0.123 e. The fourth-order valence-corrected chi connectivity index (χ4v) is 2.15. The van der Waals surface area contributed by atoms with Crippen LogP contribution in [0.5, 0.6) is 5.75 Å². The van der Waals surface area contributed by atoms with Crippen LogP contribution in [-0.2, 0) is 10.6 Å². The molecule has 1 saturated heterocycles. The SMILES string of the molecule is ClCc1ccccc1OCCC1CCCO1. The van der Waals surface area contributed by atoms with E-state index in [1.54, 1.807) is 0 Å². The van der Waals surface area contributed by atoms with Crippen LogP contribution in [0.2, 0.25) is 0 Å². The van der Waals surface area contributed by atoms with Crippen molar-refractivity contribution in [1.29, 1.82) is 0 Å². The van der Waals surface area contributed by atoms with Gasteiger partial charge in [0.2, 0.25) is 0 Å². The average molecular weight is 241 g/mol. The van der Waals surface area contributed by atoms with E-state index in [0.29, 0.717) is 18.6 Å². The van der Waals surface area contributed by atoms with E-state index >= 15 is 0 Å². The van der Waals surface area contributed by atoms with Crippen molar-refractivity contribution in [3.8, 4) is 5.75 Å². The van der Waals surface area contributed by atoms with Crippen molar-refractivity contribution < 1.29 is 9.47 Å². The maximum Gasteiger partial charge on any atom is 0.123 e. The Morgan fingerprint density at radius 3 is 3.00 bits per heavy atom. The van der Waals surface area contributed by atoms with E-state index in [9.17, 15) is 0 Å². The molecule has 1 unspecified atom stereocenters. The van der Waals surface area contributed by atoms with Gasteiger partial charge in [-0.3, -0.25) is 0 Å². The zero-order valence-corrected chi connectivity index (χ0v) is 10.1. The maximum atomic E-state index is 5.83. The predicted octanol–water partition coefficient (Wildman–Crippen LogP) is 3.37. The highest BCUT2D eigenvalue weighted by atomic mass is 35.5. The number of hydrogen-bond donors (Lipinski definition) is 0. The van der Waals surface area contributed by atoms with Crippen molar-refractivity contribution in [2.45, 2.75) is 31.2 Å². The van der Waals surface area contributed by atoms with Crippen LogP contribution in [0, 0.1) is 0 Å². The minimum Gasteiger partial charge on any atom is -0.493 e. The summed E-state index contributed by atoms with van der Waals surface area (Å²) in [5.74, 6) is 1.39. The summed E-state index contributed by atoms with van der Waals surface area (Å²) in [7, 11) is 0. The second-order valence-corrected chi connectivity index (χ2v) is 4.28. The van der Waals surface area contributed by atoms with E-state index in [0.717, 1.165) is 24.3 Å². The molecular weight excluding hydrogens is 224 g/mol. The second kappa shape index (κ2) is 6.12. The van der Waals surface area contributed by atoms with Crippen molar-refractivity contribution in [1.82, 2.24) is 0 Å². The monoisotopic (exact) mass is 240 g/mol. The Labute approximate surface area is 102 Å². The molecule has 0 spiro atoms. The fraction of sp³-hybridized carbons (Fsp3) is 0.538. The molecule has 2 nitrogen and oxygen atoms in total. The molecule has 0 radical (unpaired) electrons. The van der Waals surface area contributed by atoms with E-state index in [4.69, 9.17) is 21.1 Å². The fourth-order valence-electron chi connectivity index (χ4n) is 1.93. The van der Waals surface area contributed by atoms with Crippen LogP contribution in [0.3, 0.4) is 0 Å². The van der Waals surface area contributed by atoms with Crippen LogP contribution >= 0.6 is 11.6 Å². The van der Waals surface area contributed by atoms with Crippen LogP contribution in [0.15, 0.2) is 24.3 Å². The van der Waals surface area contributed by atoms with Crippen LogP contribution < -0.4 is 4.74 Å². The van der Waals surface area contributed by atoms with Gasteiger partial charge in [-0.15, -0.1) is 11.6 Å². The molecule has 0 saturated carbocycles. The third-order valence-corrected chi connectivity index (χ3v) is 3.13. The third-order valence-electron chi connectivity index (χ3n) is 2.84. The van der Waals surface area contributed by atoms with Gasteiger partial charge < -0.3 is 9.47 Å². The van der Waals surface area contributed by atoms with Crippen molar-refractivity contribution in [2.24, 2.45) is 0 Å². The van der Waals surface area contributed by atoms with Gasteiger partial charge in [-0.05, 0) is 18.9 Å². The highest BCUT2D eigenvalue weighted by Gasteiger charge is 2.15. The minimum absolute atomic E-state index is 0.392. The van der Waals surface area contributed by atoms with Crippen molar-refractivity contribution >= 4 is 11.6 Å². The van der Waals surface area contributed by atoms with Gasteiger partial charge in [0.1, 0.15) is 5.75 Å². The van der Waals surface area contributed by atoms with Gasteiger partial charge in [0, 0.05) is 18.6 Å². The van der Waals surface area contributed by atoms with E-state index in [2.05, 4.69) is 0 Å². The predicted molar refractivity (Wildman–Crippen MR) is 65.1 cm³/mol. The largest absolute Gasteiger partial charge is 0.493 e. The zero-order valence-electron chi connectivity index (χ0n) is 9.32. The van der Waals surface area contributed by atoms with Gasteiger partial charge in [-0.1, -0.05) is 18.2 Å². The number of ether oxygens (including phenoxy) is 2. The molecule has 1 atom stereocenters. The molecule has 16 heavy (non-hydrogen) atoms. The Hall–Kier alpha value is -0.730. The number of alkyl halides is 1. The molecule has 1 heterocycles. The van der Waals surface area contributed by atoms with E-state index in [1.165, 1.54) is 12.8 Å². The van der Waals surface area contributed by atoms with Crippen LogP contribution in [-0.4, -0.2) is 19.3 Å². The molecule has 0 aliphatic carbocycles. The Kier molecular flexibility index (Phi) is 4.49. The number of rotatable bonds is 5. The third kappa shape index (κ3) is 3.13. The summed E-state index contributed by atoms with van der Waals surface area (Å²) in [6, 6.07) is 7.91. The van der Waals surface area contributed by atoms with Gasteiger partial charge >= 0.3 is 0 Å². The lowest BCUT2D eigenvalue weighted by Crippen LogP contribution is -2.11. The Balaban J connectivity index is 1.79. The van der Waals surface area contributed by atoms with Gasteiger partial charge in [0.05, 0.1) is 18.6 Å². The van der Waals surface area contributed by atoms with Crippen molar-refractivity contribution in [2.75, 3.05) is 13.2 Å². The van der Waals surface area contributed by atoms with Crippen molar-refractivity contribution in [3.63, 3.8) is 0 Å². The first-order valence-electron chi connectivity index (χ1n) is 5.78. The van der Waals surface area contributed by atoms with E-state index in [1.807, 2.05) is 24.3 Å². The summed E-state index contributed by atoms with van der Waals surface area (Å²) < 4.78 is 11.3. The van der Waals surface area contributed by atoms with Gasteiger partial charge in [0.25, 0.3) is 0 Å². The lowest BCUT2D eigenvalue weighted by atomic mass is 10.2. The average Bonchev–Trinajstić information content (AvgIpc) is 2.83.